The fraction of sp³-hybridized carbons (Fsp3) is 0.600. The van der Waals surface area contributed by atoms with E-state index in [1.807, 2.05) is 12.2 Å². The number of hydrogen-bond acceptors (Lipinski definition) is 1. The van der Waals surface area contributed by atoms with E-state index in [-0.39, 0.29) is 24.0 Å². The van der Waals surface area contributed by atoms with Crippen LogP contribution in [0.25, 0.3) is 0 Å². The maximum atomic E-state index is 3.74. The van der Waals surface area contributed by atoms with Crippen LogP contribution in [0.4, 0.5) is 0 Å². The molecule has 0 atom stereocenters. The topological polar surface area (TPSA) is 3.24 Å². The molecule has 0 heterocycles. The summed E-state index contributed by atoms with van der Waals surface area (Å²) >= 11 is 0. The van der Waals surface area contributed by atoms with Crippen molar-refractivity contribution in [1.29, 1.82) is 0 Å². The van der Waals surface area contributed by atoms with Gasteiger partial charge in [-0.05, 0) is 32.9 Å². The summed E-state index contributed by atoms with van der Waals surface area (Å²) in [7, 11) is 4.19. The van der Waals surface area contributed by atoms with Crippen molar-refractivity contribution in [2.45, 2.75) is 12.8 Å². The lowest BCUT2D eigenvalue weighted by Crippen LogP contribution is -2.20. The minimum atomic E-state index is 0. The average Bonchev–Trinajstić information content (AvgIpc) is 1.87. The third-order valence-corrected chi connectivity index (χ3v) is 1.62. The molecule has 0 unspecified atom stereocenters. The molecule has 0 aliphatic heterocycles. The number of hydrogen-bond donors (Lipinski definition) is 0. The van der Waals surface area contributed by atoms with E-state index in [0.717, 1.165) is 19.4 Å². The second-order valence-electron chi connectivity index (χ2n) is 3.18. The number of halogens is 1. The van der Waals surface area contributed by atoms with Gasteiger partial charge >= 0.3 is 0 Å². The van der Waals surface area contributed by atoms with E-state index in [1.165, 1.54) is 0 Å². The molecule has 0 fully saturated rings. The smallest absolute Gasteiger partial charge is 0.000948 e. The summed E-state index contributed by atoms with van der Waals surface area (Å²) in [6.45, 7) is 8.60. The van der Waals surface area contributed by atoms with Gasteiger partial charge in [0.15, 0.2) is 0 Å². The maximum absolute atomic E-state index is 3.74. The van der Waals surface area contributed by atoms with Crippen LogP contribution in [-0.4, -0.2) is 25.5 Å². The highest BCUT2D eigenvalue weighted by atomic mass is 127. The molecule has 0 aromatic carbocycles. The van der Waals surface area contributed by atoms with E-state index in [9.17, 15) is 0 Å². The molecule has 0 aromatic rings. The van der Waals surface area contributed by atoms with Crippen molar-refractivity contribution in [1.82, 2.24) is 4.90 Å². The van der Waals surface area contributed by atoms with Gasteiger partial charge in [-0.3, -0.25) is 0 Å². The van der Waals surface area contributed by atoms with E-state index < -0.39 is 0 Å². The van der Waals surface area contributed by atoms with Gasteiger partial charge in [-0.25, -0.2) is 0 Å². The van der Waals surface area contributed by atoms with Gasteiger partial charge in [0.2, 0.25) is 0 Å². The first-order chi connectivity index (χ1) is 5.20. The van der Waals surface area contributed by atoms with Crippen LogP contribution in [0.3, 0.4) is 0 Å². The largest absolute Gasteiger partial charge is 0.309 e. The number of allylic oxidation sites excluding steroid dienone is 2. The van der Waals surface area contributed by atoms with Crippen molar-refractivity contribution in [3.05, 3.63) is 25.3 Å². The van der Waals surface area contributed by atoms with Crippen LogP contribution in [0.2, 0.25) is 0 Å². The van der Waals surface area contributed by atoms with E-state index in [0.29, 0.717) is 5.92 Å². The fourth-order valence-corrected chi connectivity index (χ4v) is 1.23. The van der Waals surface area contributed by atoms with Gasteiger partial charge in [0.1, 0.15) is 0 Å². The molecule has 0 bridgehead atoms. The Morgan fingerprint density at radius 2 is 1.58 bits per heavy atom. The maximum Gasteiger partial charge on any atom is 0.000948 e. The van der Waals surface area contributed by atoms with Gasteiger partial charge in [0.05, 0.1) is 0 Å². The van der Waals surface area contributed by atoms with Gasteiger partial charge in [-0.15, -0.1) is 37.1 Å². The Hall–Kier alpha value is 0.170. The van der Waals surface area contributed by atoms with Crippen molar-refractivity contribution in [2.24, 2.45) is 5.92 Å². The normalized spacial score (nSPS) is 9.67. The molecule has 0 saturated carbocycles. The zero-order chi connectivity index (χ0) is 8.69. The Balaban J connectivity index is 0. The monoisotopic (exact) mass is 281 g/mol. The first-order valence-electron chi connectivity index (χ1n) is 4.07. The molecule has 0 N–H and O–H groups in total. The summed E-state index contributed by atoms with van der Waals surface area (Å²) in [6.07, 6.45) is 6.14. The molecule has 0 radical (unpaired) electrons. The van der Waals surface area contributed by atoms with Crippen LogP contribution >= 0.6 is 24.0 Å². The van der Waals surface area contributed by atoms with Crippen molar-refractivity contribution in [3.63, 3.8) is 0 Å². The molecule has 1 nitrogen and oxygen atoms in total. The highest BCUT2D eigenvalue weighted by Gasteiger charge is 2.04. The standard InChI is InChI=1S/C10H19N.HI/c1-5-7-10(8-6-2)9-11(3)4;/h5-6,10H,1-2,7-9H2,3-4H3;1H. The molecular formula is C10H20IN. The van der Waals surface area contributed by atoms with Gasteiger partial charge in [-0.2, -0.15) is 0 Å². The molecule has 2 heteroatoms. The zero-order valence-corrected chi connectivity index (χ0v) is 10.5. The first kappa shape index (κ1) is 14.7. The molecule has 0 spiro atoms. The van der Waals surface area contributed by atoms with Crippen molar-refractivity contribution in [3.8, 4) is 0 Å². The summed E-state index contributed by atoms with van der Waals surface area (Å²) in [5, 5.41) is 0. The lowest BCUT2D eigenvalue weighted by molar-refractivity contribution is 0.327. The minimum Gasteiger partial charge on any atom is -0.309 e. The highest BCUT2D eigenvalue weighted by Crippen LogP contribution is 2.10. The van der Waals surface area contributed by atoms with Crippen LogP contribution in [0.15, 0.2) is 25.3 Å². The Bertz CT molecular complexity index is 111. The predicted octanol–water partition coefficient (Wildman–Crippen LogP) is 2.93. The van der Waals surface area contributed by atoms with Crippen molar-refractivity contribution < 1.29 is 0 Å². The Kier molecular flexibility index (Phi) is 11.3. The Labute approximate surface area is 93.5 Å². The number of rotatable bonds is 6. The summed E-state index contributed by atoms with van der Waals surface area (Å²) < 4.78 is 0. The summed E-state index contributed by atoms with van der Waals surface area (Å²) in [5.74, 6) is 0.694. The molecule has 0 aromatic heterocycles. The van der Waals surface area contributed by atoms with Gasteiger partial charge in [0.25, 0.3) is 0 Å². The van der Waals surface area contributed by atoms with Crippen molar-refractivity contribution in [2.75, 3.05) is 20.6 Å². The van der Waals surface area contributed by atoms with Crippen LogP contribution in [-0.2, 0) is 0 Å². The summed E-state index contributed by atoms with van der Waals surface area (Å²) in [5.41, 5.74) is 0. The van der Waals surface area contributed by atoms with E-state index in [2.05, 4.69) is 32.2 Å². The van der Waals surface area contributed by atoms with Crippen molar-refractivity contribution >= 4 is 24.0 Å². The molecule has 0 amide bonds. The van der Waals surface area contributed by atoms with Crippen LogP contribution < -0.4 is 0 Å². The molecule has 0 aliphatic carbocycles. The predicted molar refractivity (Wildman–Crippen MR) is 67.1 cm³/mol. The quantitative estimate of drug-likeness (QED) is 0.534. The number of nitrogens with zero attached hydrogens (tertiary/aromatic N) is 1. The van der Waals surface area contributed by atoms with Crippen LogP contribution in [0.5, 0.6) is 0 Å². The lowest BCUT2D eigenvalue weighted by Gasteiger charge is -2.17. The third-order valence-electron chi connectivity index (χ3n) is 1.62. The highest BCUT2D eigenvalue weighted by molar-refractivity contribution is 14.0. The fourth-order valence-electron chi connectivity index (χ4n) is 1.23. The van der Waals surface area contributed by atoms with E-state index >= 15 is 0 Å². The SMILES string of the molecule is C=CCC(CC=C)CN(C)C.I. The minimum absolute atomic E-state index is 0. The molecule has 0 saturated heterocycles. The molecular weight excluding hydrogens is 261 g/mol. The first-order valence-corrected chi connectivity index (χ1v) is 4.07. The molecule has 72 valence electrons. The molecule has 0 rings (SSSR count). The van der Waals surface area contributed by atoms with E-state index in [4.69, 9.17) is 0 Å². The second kappa shape index (κ2) is 9.26. The zero-order valence-electron chi connectivity index (χ0n) is 8.12. The van der Waals surface area contributed by atoms with Crippen LogP contribution in [0, 0.1) is 5.92 Å². The summed E-state index contributed by atoms with van der Waals surface area (Å²) in [6, 6.07) is 0. The molecule has 12 heavy (non-hydrogen) atoms. The Morgan fingerprint density at radius 3 is 1.83 bits per heavy atom. The lowest BCUT2D eigenvalue weighted by atomic mass is 10.0. The third kappa shape index (κ3) is 8.27. The Morgan fingerprint density at radius 1 is 1.17 bits per heavy atom. The second-order valence-corrected chi connectivity index (χ2v) is 3.18. The van der Waals surface area contributed by atoms with Crippen LogP contribution in [0.1, 0.15) is 12.8 Å². The van der Waals surface area contributed by atoms with Gasteiger partial charge in [0, 0.05) is 6.54 Å². The van der Waals surface area contributed by atoms with E-state index in [1.54, 1.807) is 0 Å². The van der Waals surface area contributed by atoms with Gasteiger partial charge in [-0.1, -0.05) is 12.2 Å². The van der Waals surface area contributed by atoms with Gasteiger partial charge < -0.3 is 4.90 Å². The molecule has 0 aliphatic rings. The summed E-state index contributed by atoms with van der Waals surface area (Å²) in [4.78, 5) is 2.21. The average molecular weight is 281 g/mol.